The Hall–Kier alpha value is -1.85. The fourth-order valence-electron chi connectivity index (χ4n) is 2.79. The smallest absolute Gasteiger partial charge is 0.306 e. The number of aliphatic carboxylic acids is 1. The van der Waals surface area contributed by atoms with Crippen molar-refractivity contribution in [3.63, 3.8) is 0 Å². The number of carboxylic acid groups (broad SMARTS) is 1. The van der Waals surface area contributed by atoms with E-state index in [1.165, 1.54) is 0 Å². The number of rotatable bonds is 4. The summed E-state index contributed by atoms with van der Waals surface area (Å²) in [4.78, 5) is 23.1. The number of carboxylic acids is 1. The predicted octanol–water partition coefficient (Wildman–Crippen LogP) is 1.41. The van der Waals surface area contributed by atoms with Gasteiger partial charge >= 0.3 is 5.97 Å². The molecule has 1 heterocycles. The van der Waals surface area contributed by atoms with Gasteiger partial charge in [-0.05, 0) is 33.1 Å². The molecule has 2 rings (SSSR count). The van der Waals surface area contributed by atoms with E-state index in [9.17, 15) is 9.59 Å². The number of aromatic nitrogens is 2. The molecule has 1 saturated carbocycles. The van der Waals surface area contributed by atoms with Crippen LogP contribution >= 0.6 is 0 Å². The van der Waals surface area contributed by atoms with Gasteiger partial charge in [0.15, 0.2) is 0 Å². The van der Waals surface area contributed by atoms with Crippen LogP contribution in [0.4, 0.5) is 0 Å². The Labute approximate surface area is 118 Å². The Morgan fingerprint density at radius 3 is 2.60 bits per heavy atom. The molecular weight excluding hydrogens is 258 g/mol. The molecule has 1 aromatic rings. The van der Waals surface area contributed by atoms with Gasteiger partial charge in [0.1, 0.15) is 0 Å². The summed E-state index contributed by atoms with van der Waals surface area (Å²) in [5.41, 5.74) is 2.02. The molecule has 0 aliphatic heterocycles. The number of nitrogens with zero attached hydrogens (tertiary/aromatic N) is 2. The molecule has 0 aromatic carbocycles. The van der Waals surface area contributed by atoms with Crippen molar-refractivity contribution in [3.8, 4) is 0 Å². The molecule has 110 valence electrons. The van der Waals surface area contributed by atoms with Crippen LogP contribution in [0.15, 0.2) is 6.20 Å². The molecule has 0 saturated heterocycles. The van der Waals surface area contributed by atoms with Crippen molar-refractivity contribution in [3.05, 3.63) is 17.5 Å². The molecule has 1 unspecified atom stereocenters. The number of hydrogen-bond acceptors (Lipinski definition) is 3. The molecular formula is C14H21N3O3. The van der Waals surface area contributed by atoms with Crippen molar-refractivity contribution in [2.24, 2.45) is 18.9 Å². The molecule has 1 fully saturated rings. The Morgan fingerprint density at radius 2 is 2.10 bits per heavy atom. The van der Waals surface area contributed by atoms with Gasteiger partial charge in [0.25, 0.3) is 0 Å². The highest BCUT2D eigenvalue weighted by Crippen LogP contribution is 2.31. The zero-order valence-corrected chi connectivity index (χ0v) is 12.1. The van der Waals surface area contributed by atoms with Crippen LogP contribution in [-0.4, -0.2) is 26.8 Å². The number of nitrogens with one attached hydrogen (secondary N) is 1. The van der Waals surface area contributed by atoms with Gasteiger partial charge in [-0.3, -0.25) is 14.3 Å². The van der Waals surface area contributed by atoms with E-state index >= 15 is 0 Å². The zero-order chi connectivity index (χ0) is 14.9. The monoisotopic (exact) mass is 279 g/mol. The Kier molecular flexibility index (Phi) is 4.11. The highest BCUT2D eigenvalue weighted by atomic mass is 16.4. The van der Waals surface area contributed by atoms with Gasteiger partial charge in [0, 0.05) is 24.2 Å². The molecule has 1 aliphatic rings. The van der Waals surface area contributed by atoms with E-state index in [-0.39, 0.29) is 23.8 Å². The van der Waals surface area contributed by atoms with Crippen LogP contribution < -0.4 is 5.32 Å². The van der Waals surface area contributed by atoms with Crippen molar-refractivity contribution in [1.29, 1.82) is 0 Å². The maximum absolute atomic E-state index is 12.2. The van der Waals surface area contributed by atoms with E-state index in [1.807, 2.05) is 20.9 Å². The number of amides is 1. The van der Waals surface area contributed by atoms with E-state index in [4.69, 9.17) is 5.11 Å². The van der Waals surface area contributed by atoms with Gasteiger partial charge in [-0.1, -0.05) is 0 Å². The fourth-order valence-corrected chi connectivity index (χ4v) is 2.79. The van der Waals surface area contributed by atoms with Crippen LogP contribution in [0.3, 0.4) is 0 Å². The van der Waals surface area contributed by atoms with Crippen LogP contribution in [0.25, 0.3) is 0 Å². The van der Waals surface area contributed by atoms with E-state index in [0.29, 0.717) is 19.3 Å². The number of aryl methyl sites for hydroxylation is 1. The van der Waals surface area contributed by atoms with Gasteiger partial charge in [-0.25, -0.2) is 0 Å². The molecule has 1 aliphatic carbocycles. The highest BCUT2D eigenvalue weighted by molar-refractivity contribution is 5.81. The van der Waals surface area contributed by atoms with E-state index in [1.54, 1.807) is 10.9 Å². The minimum Gasteiger partial charge on any atom is -0.481 e. The molecule has 3 atom stereocenters. The summed E-state index contributed by atoms with van der Waals surface area (Å²) in [6.45, 7) is 3.88. The summed E-state index contributed by atoms with van der Waals surface area (Å²) in [6, 6.07) is -0.111. The molecule has 0 radical (unpaired) electrons. The van der Waals surface area contributed by atoms with E-state index < -0.39 is 5.97 Å². The SMILES string of the molecule is Cc1c(C(C)NC(=O)[C@@H]2CC[C@H](C(=O)O)C2)cnn1C. The minimum absolute atomic E-state index is 0.0514. The first-order valence-electron chi connectivity index (χ1n) is 6.91. The summed E-state index contributed by atoms with van der Waals surface area (Å²) in [5, 5.41) is 16.1. The Balaban J connectivity index is 1.95. The lowest BCUT2D eigenvalue weighted by atomic mass is 10.0. The third-order valence-corrected chi connectivity index (χ3v) is 4.25. The molecule has 1 aromatic heterocycles. The van der Waals surface area contributed by atoms with Crippen LogP contribution in [0, 0.1) is 18.8 Å². The molecule has 20 heavy (non-hydrogen) atoms. The molecule has 0 spiro atoms. The second kappa shape index (κ2) is 5.64. The largest absolute Gasteiger partial charge is 0.481 e. The lowest BCUT2D eigenvalue weighted by molar-refractivity contribution is -0.141. The lowest BCUT2D eigenvalue weighted by Crippen LogP contribution is -2.32. The summed E-state index contributed by atoms with van der Waals surface area (Å²) in [5.74, 6) is -1.40. The molecule has 6 heteroatoms. The quantitative estimate of drug-likeness (QED) is 0.872. The van der Waals surface area contributed by atoms with Crippen molar-refractivity contribution in [2.75, 3.05) is 0 Å². The average molecular weight is 279 g/mol. The highest BCUT2D eigenvalue weighted by Gasteiger charge is 2.34. The second-order valence-corrected chi connectivity index (χ2v) is 5.58. The van der Waals surface area contributed by atoms with Crippen molar-refractivity contribution >= 4 is 11.9 Å². The normalized spacial score (nSPS) is 23.6. The van der Waals surface area contributed by atoms with E-state index in [0.717, 1.165) is 11.3 Å². The van der Waals surface area contributed by atoms with Gasteiger partial charge in [0.05, 0.1) is 18.2 Å². The maximum atomic E-state index is 12.2. The van der Waals surface area contributed by atoms with E-state index in [2.05, 4.69) is 10.4 Å². The summed E-state index contributed by atoms with van der Waals surface area (Å²) in [6.07, 6.45) is 3.45. The van der Waals surface area contributed by atoms with Gasteiger partial charge in [-0.15, -0.1) is 0 Å². The van der Waals surface area contributed by atoms with Crippen molar-refractivity contribution in [2.45, 2.75) is 39.2 Å². The first-order valence-corrected chi connectivity index (χ1v) is 6.91. The van der Waals surface area contributed by atoms with Gasteiger partial charge < -0.3 is 10.4 Å². The third-order valence-electron chi connectivity index (χ3n) is 4.25. The van der Waals surface area contributed by atoms with Crippen LogP contribution in [0.2, 0.25) is 0 Å². The first-order chi connectivity index (χ1) is 9.40. The lowest BCUT2D eigenvalue weighted by Gasteiger charge is -2.17. The minimum atomic E-state index is -0.795. The zero-order valence-electron chi connectivity index (χ0n) is 12.1. The van der Waals surface area contributed by atoms with Crippen LogP contribution in [0.5, 0.6) is 0 Å². The van der Waals surface area contributed by atoms with Crippen LogP contribution in [0.1, 0.15) is 43.5 Å². The van der Waals surface area contributed by atoms with Crippen molar-refractivity contribution in [1.82, 2.24) is 15.1 Å². The standard InChI is InChI=1S/C14H21N3O3/c1-8(12-7-15-17(3)9(12)2)16-13(18)10-4-5-11(6-10)14(19)20/h7-8,10-11H,4-6H2,1-3H3,(H,16,18)(H,19,20)/t8?,10-,11+/m1/s1. The fraction of sp³-hybridized carbons (Fsp3) is 0.643. The summed E-state index contributed by atoms with van der Waals surface area (Å²) in [7, 11) is 1.86. The van der Waals surface area contributed by atoms with Crippen molar-refractivity contribution < 1.29 is 14.7 Å². The average Bonchev–Trinajstić information content (AvgIpc) is 2.98. The number of hydrogen-bond donors (Lipinski definition) is 2. The first kappa shape index (κ1) is 14.6. The summed E-state index contributed by atoms with van der Waals surface area (Å²) >= 11 is 0. The maximum Gasteiger partial charge on any atom is 0.306 e. The predicted molar refractivity (Wildman–Crippen MR) is 73.0 cm³/mol. The number of carbonyl (C=O) groups is 2. The van der Waals surface area contributed by atoms with Gasteiger partial charge in [-0.2, -0.15) is 5.10 Å². The topological polar surface area (TPSA) is 84.2 Å². The third kappa shape index (κ3) is 2.84. The Bertz CT molecular complexity index is 524. The molecule has 2 N–H and O–H groups in total. The van der Waals surface area contributed by atoms with Gasteiger partial charge in [0.2, 0.25) is 5.91 Å². The second-order valence-electron chi connectivity index (χ2n) is 5.58. The molecule has 1 amide bonds. The molecule has 6 nitrogen and oxygen atoms in total. The Morgan fingerprint density at radius 1 is 1.45 bits per heavy atom. The summed E-state index contributed by atoms with van der Waals surface area (Å²) < 4.78 is 1.77. The number of carbonyl (C=O) groups excluding carboxylic acids is 1. The van der Waals surface area contributed by atoms with Crippen LogP contribution in [-0.2, 0) is 16.6 Å². The molecule has 0 bridgehead atoms.